The number of aromatic amines is 1. The highest BCUT2D eigenvalue weighted by atomic mass is 35.5. The maximum Gasteiger partial charge on any atom is 0.348 e. The van der Waals surface area contributed by atoms with Crippen molar-refractivity contribution in [3.05, 3.63) is 81.0 Å². The van der Waals surface area contributed by atoms with Crippen molar-refractivity contribution in [3.63, 3.8) is 0 Å². The zero-order chi connectivity index (χ0) is 21.5. The first-order chi connectivity index (χ1) is 14.5. The summed E-state index contributed by atoms with van der Waals surface area (Å²) in [6.07, 6.45) is 14.8. The van der Waals surface area contributed by atoms with E-state index in [1.54, 1.807) is 0 Å². The normalized spacial score (nSPS) is 16.8. The van der Waals surface area contributed by atoms with Crippen molar-refractivity contribution in [2.75, 3.05) is 20.2 Å². The highest BCUT2D eigenvalue weighted by molar-refractivity contribution is 6.37. The predicted octanol–water partition coefficient (Wildman–Crippen LogP) is 4.12. The highest BCUT2D eigenvalue weighted by Gasteiger charge is 2.15. The van der Waals surface area contributed by atoms with Gasteiger partial charge in [-0.15, -0.1) is 0 Å². The molecule has 7 heteroatoms. The summed E-state index contributed by atoms with van der Waals surface area (Å²) < 4.78 is 5.79. The molecule has 0 unspecified atom stereocenters. The van der Waals surface area contributed by atoms with Crippen LogP contribution in [0.3, 0.4) is 0 Å². The third-order valence-electron chi connectivity index (χ3n) is 4.54. The van der Waals surface area contributed by atoms with Crippen LogP contribution in [-0.2, 0) is 4.74 Å². The van der Waals surface area contributed by atoms with Gasteiger partial charge in [0.05, 0.1) is 11.6 Å². The second-order valence-electron chi connectivity index (χ2n) is 7.59. The van der Waals surface area contributed by atoms with Crippen molar-refractivity contribution in [3.8, 4) is 0 Å². The average molecular weight is 427 g/mol. The van der Waals surface area contributed by atoms with Crippen LogP contribution in [0, 0.1) is 5.92 Å². The Morgan fingerprint density at radius 3 is 2.80 bits per heavy atom. The van der Waals surface area contributed by atoms with Gasteiger partial charge >= 0.3 is 5.69 Å². The van der Waals surface area contributed by atoms with E-state index in [4.69, 9.17) is 16.3 Å². The van der Waals surface area contributed by atoms with Crippen molar-refractivity contribution in [2.45, 2.75) is 26.7 Å². The lowest BCUT2D eigenvalue weighted by molar-refractivity contribution is 0.190. The molecular formula is C23H27ClN4O2. The Morgan fingerprint density at radius 1 is 1.20 bits per heavy atom. The van der Waals surface area contributed by atoms with Crippen molar-refractivity contribution >= 4 is 22.7 Å². The number of halogens is 1. The summed E-state index contributed by atoms with van der Waals surface area (Å²) in [6.45, 7) is 5.62. The Hall–Kier alpha value is -2.70. The molecule has 1 aromatic rings. The van der Waals surface area contributed by atoms with Gasteiger partial charge < -0.3 is 10.1 Å². The quantitative estimate of drug-likeness (QED) is 0.685. The summed E-state index contributed by atoms with van der Waals surface area (Å²) >= 11 is 6.48. The maximum atomic E-state index is 12.3. The van der Waals surface area contributed by atoms with Crippen LogP contribution < -0.4 is 11.0 Å². The van der Waals surface area contributed by atoms with E-state index in [2.05, 4.69) is 34.1 Å². The molecule has 2 aliphatic carbocycles. The molecule has 0 radical (unpaired) electrons. The van der Waals surface area contributed by atoms with Gasteiger partial charge in [0.2, 0.25) is 0 Å². The van der Waals surface area contributed by atoms with Crippen molar-refractivity contribution in [2.24, 2.45) is 5.92 Å². The molecule has 1 aromatic heterocycles. The predicted molar refractivity (Wildman–Crippen MR) is 122 cm³/mol. The number of rotatable bonds is 7. The summed E-state index contributed by atoms with van der Waals surface area (Å²) in [5, 5.41) is 3.67. The fraction of sp³-hybridized carbons (Fsp3) is 0.348. The molecule has 0 atom stereocenters. The lowest BCUT2D eigenvalue weighted by atomic mass is 10.1. The zero-order valence-corrected chi connectivity index (χ0v) is 18.3. The first-order valence-electron chi connectivity index (χ1n) is 10.1. The van der Waals surface area contributed by atoms with Crippen molar-refractivity contribution < 1.29 is 4.74 Å². The molecule has 0 bridgehead atoms. The lowest BCUT2D eigenvalue weighted by Crippen LogP contribution is -2.17. The minimum absolute atomic E-state index is 0.387. The highest BCUT2D eigenvalue weighted by Crippen LogP contribution is 2.28. The Kier molecular flexibility index (Phi) is 7.60. The SMILES string of the molecule is CNCC1=CC=C(Cl)C(c2nc(C3=CC=C(OCC(C)C)C=CC3)nc(=O)[nH]2)=CC1. The first kappa shape index (κ1) is 22.0. The largest absolute Gasteiger partial charge is 0.493 e. The van der Waals surface area contributed by atoms with Crippen LogP contribution in [0.5, 0.6) is 0 Å². The zero-order valence-electron chi connectivity index (χ0n) is 17.5. The maximum absolute atomic E-state index is 12.3. The molecule has 30 heavy (non-hydrogen) atoms. The molecule has 158 valence electrons. The molecule has 6 nitrogen and oxygen atoms in total. The third kappa shape index (κ3) is 5.90. The van der Waals surface area contributed by atoms with Crippen LogP contribution in [-0.4, -0.2) is 35.2 Å². The molecular weight excluding hydrogens is 400 g/mol. The van der Waals surface area contributed by atoms with Gasteiger partial charge in [-0.3, -0.25) is 4.98 Å². The van der Waals surface area contributed by atoms with E-state index in [1.807, 2.05) is 49.6 Å². The molecule has 2 N–H and O–H groups in total. The standard InChI is InChI=1S/C23H27ClN4O2/c1-15(2)14-30-18-6-4-5-17(9-10-18)21-26-22(28-23(29)27-21)19-11-7-16(13-25-3)8-12-20(19)24/h4,6,8-12,15,25H,5,7,13-14H2,1-3H3,(H,26,27,28,29). The number of nitrogens with one attached hydrogen (secondary N) is 2. The molecule has 0 spiro atoms. The van der Waals surface area contributed by atoms with E-state index >= 15 is 0 Å². The van der Waals surface area contributed by atoms with Gasteiger partial charge in [-0.2, -0.15) is 4.98 Å². The van der Waals surface area contributed by atoms with Gasteiger partial charge in [0.1, 0.15) is 11.6 Å². The Bertz CT molecular complexity index is 1030. The summed E-state index contributed by atoms with van der Waals surface area (Å²) in [6, 6.07) is 0. The number of likely N-dealkylation sites (N-methyl/N-ethyl adjacent to an activating group) is 1. The Labute approximate surface area is 181 Å². The van der Waals surface area contributed by atoms with E-state index < -0.39 is 5.69 Å². The van der Waals surface area contributed by atoms with Crippen LogP contribution >= 0.6 is 11.6 Å². The second-order valence-corrected chi connectivity index (χ2v) is 8.00. The number of nitrogens with zero attached hydrogens (tertiary/aromatic N) is 2. The number of allylic oxidation sites excluding steroid dienone is 10. The fourth-order valence-electron chi connectivity index (χ4n) is 3.04. The van der Waals surface area contributed by atoms with E-state index in [9.17, 15) is 4.79 Å². The lowest BCUT2D eigenvalue weighted by Gasteiger charge is -2.08. The number of hydrogen-bond donors (Lipinski definition) is 2. The molecule has 0 aromatic carbocycles. The molecule has 0 saturated carbocycles. The van der Waals surface area contributed by atoms with E-state index in [0.717, 1.165) is 24.3 Å². The fourth-order valence-corrected chi connectivity index (χ4v) is 3.27. The summed E-state index contributed by atoms with van der Waals surface area (Å²) in [5.41, 5.74) is 2.27. The summed E-state index contributed by atoms with van der Waals surface area (Å²) in [7, 11) is 1.90. The number of ether oxygens (including phenoxy) is 1. The van der Waals surface area contributed by atoms with Gasteiger partial charge in [-0.25, -0.2) is 9.78 Å². The number of aromatic nitrogens is 3. The molecule has 2 aliphatic rings. The van der Waals surface area contributed by atoms with Crippen LogP contribution in [0.25, 0.3) is 11.1 Å². The van der Waals surface area contributed by atoms with E-state index in [-0.39, 0.29) is 0 Å². The third-order valence-corrected chi connectivity index (χ3v) is 4.87. The summed E-state index contributed by atoms with van der Waals surface area (Å²) in [5.74, 6) is 2.03. The minimum atomic E-state index is -0.456. The van der Waals surface area contributed by atoms with Gasteiger partial charge in [0, 0.05) is 17.7 Å². The van der Waals surface area contributed by atoms with Gasteiger partial charge in [0.25, 0.3) is 0 Å². The monoisotopic (exact) mass is 426 g/mol. The van der Waals surface area contributed by atoms with Gasteiger partial charge in [0.15, 0.2) is 5.82 Å². The van der Waals surface area contributed by atoms with Gasteiger partial charge in [-0.05, 0) is 44.0 Å². The first-order valence-corrected chi connectivity index (χ1v) is 10.4. The molecule has 0 amide bonds. The van der Waals surface area contributed by atoms with E-state index in [1.165, 1.54) is 5.57 Å². The molecule has 1 heterocycles. The molecule has 0 fully saturated rings. The van der Waals surface area contributed by atoms with Crippen molar-refractivity contribution in [1.29, 1.82) is 0 Å². The van der Waals surface area contributed by atoms with Crippen LogP contribution in [0.1, 0.15) is 38.3 Å². The molecule has 0 aliphatic heterocycles. The van der Waals surface area contributed by atoms with Crippen LogP contribution in [0.2, 0.25) is 0 Å². The second kappa shape index (κ2) is 10.4. The molecule has 3 rings (SSSR count). The van der Waals surface area contributed by atoms with E-state index in [0.29, 0.717) is 41.2 Å². The minimum Gasteiger partial charge on any atom is -0.493 e. The molecule has 0 saturated heterocycles. The number of hydrogen-bond acceptors (Lipinski definition) is 5. The Morgan fingerprint density at radius 2 is 2.03 bits per heavy atom. The summed E-state index contributed by atoms with van der Waals surface area (Å²) in [4.78, 5) is 23.7. The smallest absolute Gasteiger partial charge is 0.348 e. The average Bonchev–Trinajstić information content (AvgIpc) is 3.05. The topological polar surface area (TPSA) is 79.9 Å². The number of H-pyrrole nitrogens is 1. The van der Waals surface area contributed by atoms with Crippen LogP contribution in [0.15, 0.2) is 63.7 Å². The Balaban J connectivity index is 1.89. The van der Waals surface area contributed by atoms with Crippen LogP contribution in [0.4, 0.5) is 0 Å². The van der Waals surface area contributed by atoms with Gasteiger partial charge in [-0.1, -0.05) is 55.3 Å². The van der Waals surface area contributed by atoms with Crippen molar-refractivity contribution in [1.82, 2.24) is 20.3 Å².